The molecule has 108 valence electrons. The van der Waals surface area contributed by atoms with Gasteiger partial charge in [-0.15, -0.1) is 0 Å². The van der Waals surface area contributed by atoms with Crippen LogP contribution in [0.15, 0.2) is 24.3 Å². The molecule has 0 unspecified atom stereocenters. The molecule has 0 atom stereocenters. The molecule has 0 spiro atoms. The topological polar surface area (TPSA) is 21.3 Å². The van der Waals surface area contributed by atoms with Gasteiger partial charge in [0.15, 0.2) is 0 Å². The van der Waals surface area contributed by atoms with Gasteiger partial charge in [-0.1, -0.05) is 52.8 Å². The summed E-state index contributed by atoms with van der Waals surface area (Å²) in [5.41, 5.74) is 1.40. The third-order valence-electron chi connectivity index (χ3n) is 3.13. The van der Waals surface area contributed by atoms with E-state index in [1.807, 2.05) is 6.07 Å². The lowest BCUT2D eigenvalue weighted by molar-refractivity contribution is 0.304. The van der Waals surface area contributed by atoms with Crippen molar-refractivity contribution in [3.63, 3.8) is 0 Å². The summed E-state index contributed by atoms with van der Waals surface area (Å²) in [6.07, 6.45) is 1.22. The van der Waals surface area contributed by atoms with E-state index >= 15 is 0 Å². The predicted molar refractivity (Wildman–Crippen MR) is 83.0 cm³/mol. The van der Waals surface area contributed by atoms with Crippen molar-refractivity contribution in [2.24, 2.45) is 5.92 Å². The number of para-hydroxylation sites is 1. The van der Waals surface area contributed by atoms with Crippen LogP contribution in [0.2, 0.25) is 0 Å². The molecule has 1 aromatic rings. The summed E-state index contributed by atoms with van der Waals surface area (Å²) in [6, 6.07) is 8.33. The van der Waals surface area contributed by atoms with Crippen LogP contribution in [-0.4, -0.2) is 19.7 Å². The zero-order valence-corrected chi connectivity index (χ0v) is 13.1. The molecular formula is C17H29NO. The Morgan fingerprint density at radius 2 is 1.79 bits per heavy atom. The van der Waals surface area contributed by atoms with Crippen molar-refractivity contribution < 1.29 is 4.74 Å². The van der Waals surface area contributed by atoms with E-state index in [-0.39, 0.29) is 5.41 Å². The van der Waals surface area contributed by atoms with Gasteiger partial charge in [-0.05, 0) is 35.9 Å². The highest BCUT2D eigenvalue weighted by atomic mass is 16.5. The summed E-state index contributed by atoms with van der Waals surface area (Å²) in [7, 11) is 0. The van der Waals surface area contributed by atoms with Gasteiger partial charge in [0.1, 0.15) is 12.4 Å². The van der Waals surface area contributed by atoms with Crippen LogP contribution in [0, 0.1) is 5.92 Å². The number of nitrogens with one attached hydrogen (secondary N) is 1. The highest BCUT2D eigenvalue weighted by Crippen LogP contribution is 2.30. The Hall–Kier alpha value is -1.02. The second-order valence-corrected chi connectivity index (χ2v) is 6.53. The lowest BCUT2D eigenvalue weighted by atomic mass is 9.86. The van der Waals surface area contributed by atoms with Crippen LogP contribution in [0.1, 0.15) is 46.6 Å². The summed E-state index contributed by atoms with van der Waals surface area (Å²) in [5, 5.41) is 3.42. The third-order valence-corrected chi connectivity index (χ3v) is 3.13. The van der Waals surface area contributed by atoms with E-state index in [0.717, 1.165) is 31.4 Å². The quantitative estimate of drug-likeness (QED) is 0.751. The van der Waals surface area contributed by atoms with Crippen LogP contribution >= 0.6 is 0 Å². The van der Waals surface area contributed by atoms with Crippen LogP contribution < -0.4 is 10.1 Å². The Balaban J connectivity index is 2.37. The SMILES string of the molecule is CC(C)CCNCCOc1ccccc1C(C)(C)C. The first-order valence-electron chi connectivity index (χ1n) is 7.34. The molecule has 0 radical (unpaired) electrons. The smallest absolute Gasteiger partial charge is 0.123 e. The molecule has 0 aromatic heterocycles. The summed E-state index contributed by atoms with van der Waals surface area (Å²) in [6.45, 7) is 13.9. The molecule has 19 heavy (non-hydrogen) atoms. The van der Waals surface area contributed by atoms with Crippen molar-refractivity contribution in [2.75, 3.05) is 19.7 Å². The normalized spacial score (nSPS) is 11.9. The summed E-state index contributed by atoms with van der Waals surface area (Å²) < 4.78 is 5.91. The molecule has 0 bridgehead atoms. The standard InChI is InChI=1S/C17H29NO/c1-14(2)10-11-18-12-13-19-16-9-7-6-8-15(16)17(3,4)5/h6-9,14,18H,10-13H2,1-5H3. The minimum Gasteiger partial charge on any atom is -0.492 e. The van der Waals surface area contributed by atoms with Gasteiger partial charge in [-0.2, -0.15) is 0 Å². The van der Waals surface area contributed by atoms with Crippen molar-refractivity contribution >= 4 is 0 Å². The molecule has 0 aliphatic carbocycles. The molecule has 0 saturated carbocycles. The van der Waals surface area contributed by atoms with Gasteiger partial charge >= 0.3 is 0 Å². The molecule has 2 nitrogen and oxygen atoms in total. The summed E-state index contributed by atoms with van der Waals surface area (Å²) in [4.78, 5) is 0. The Kier molecular flexibility index (Phi) is 6.36. The Labute approximate surface area is 118 Å². The summed E-state index contributed by atoms with van der Waals surface area (Å²) >= 11 is 0. The van der Waals surface area contributed by atoms with Crippen LogP contribution in [0.5, 0.6) is 5.75 Å². The number of ether oxygens (including phenoxy) is 1. The van der Waals surface area contributed by atoms with E-state index in [2.05, 4.69) is 58.1 Å². The highest BCUT2D eigenvalue weighted by molar-refractivity contribution is 5.38. The van der Waals surface area contributed by atoms with Gasteiger partial charge in [0.2, 0.25) is 0 Å². The molecule has 0 heterocycles. The average molecular weight is 263 g/mol. The van der Waals surface area contributed by atoms with Crippen molar-refractivity contribution in [1.82, 2.24) is 5.32 Å². The van der Waals surface area contributed by atoms with Crippen LogP contribution in [0.3, 0.4) is 0 Å². The molecule has 0 aliphatic rings. The fraction of sp³-hybridized carbons (Fsp3) is 0.647. The predicted octanol–water partition coefficient (Wildman–Crippen LogP) is 4.00. The maximum Gasteiger partial charge on any atom is 0.123 e. The zero-order chi connectivity index (χ0) is 14.3. The first kappa shape index (κ1) is 16.0. The Morgan fingerprint density at radius 3 is 2.42 bits per heavy atom. The summed E-state index contributed by atoms with van der Waals surface area (Å²) in [5.74, 6) is 1.77. The van der Waals surface area contributed by atoms with Crippen molar-refractivity contribution in [3.8, 4) is 5.75 Å². The van der Waals surface area contributed by atoms with Crippen molar-refractivity contribution in [2.45, 2.75) is 46.5 Å². The fourth-order valence-electron chi connectivity index (χ4n) is 1.96. The first-order valence-corrected chi connectivity index (χ1v) is 7.34. The minimum absolute atomic E-state index is 0.127. The number of benzene rings is 1. The van der Waals surface area contributed by atoms with Crippen molar-refractivity contribution in [1.29, 1.82) is 0 Å². The van der Waals surface area contributed by atoms with Gasteiger partial charge in [-0.3, -0.25) is 0 Å². The molecule has 1 rings (SSSR count). The van der Waals surface area contributed by atoms with Crippen LogP contribution in [-0.2, 0) is 5.41 Å². The largest absolute Gasteiger partial charge is 0.492 e. The van der Waals surface area contributed by atoms with Crippen LogP contribution in [0.25, 0.3) is 0 Å². The molecular weight excluding hydrogens is 234 g/mol. The van der Waals surface area contributed by atoms with Gasteiger partial charge in [0.25, 0.3) is 0 Å². The molecule has 2 heteroatoms. The Bertz CT molecular complexity index is 366. The first-order chi connectivity index (χ1) is 8.91. The van der Waals surface area contributed by atoms with Gasteiger partial charge in [0.05, 0.1) is 0 Å². The molecule has 0 aliphatic heterocycles. The van der Waals surface area contributed by atoms with Crippen molar-refractivity contribution in [3.05, 3.63) is 29.8 Å². The van der Waals surface area contributed by atoms with E-state index < -0.39 is 0 Å². The monoisotopic (exact) mass is 263 g/mol. The van der Waals surface area contributed by atoms with E-state index in [9.17, 15) is 0 Å². The zero-order valence-electron chi connectivity index (χ0n) is 13.1. The van der Waals surface area contributed by atoms with E-state index in [1.54, 1.807) is 0 Å². The fourth-order valence-corrected chi connectivity index (χ4v) is 1.96. The second kappa shape index (κ2) is 7.54. The molecule has 1 N–H and O–H groups in total. The van der Waals surface area contributed by atoms with Crippen LogP contribution in [0.4, 0.5) is 0 Å². The Morgan fingerprint density at radius 1 is 1.11 bits per heavy atom. The third kappa shape index (κ3) is 6.11. The number of hydrogen-bond donors (Lipinski definition) is 1. The lowest BCUT2D eigenvalue weighted by Crippen LogP contribution is -2.23. The van der Waals surface area contributed by atoms with E-state index in [4.69, 9.17) is 4.74 Å². The maximum atomic E-state index is 5.91. The molecule has 0 fully saturated rings. The lowest BCUT2D eigenvalue weighted by Gasteiger charge is -2.22. The average Bonchev–Trinajstić information content (AvgIpc) is 2.32. The molecule has 0 amide bonds. The maximum absolute atomic E-state index is 5.91. The van der Waals surface area contributed by atoms with E-state index in [1.165, 1.54) is 12.0 Å². The minimum atomic E-state index is 0.127. The molecule has 1 aromatic carbocycles. The number of rotatable bonds is 7. The van der Waals surface area contributed by atoms with E-state index in [0.29, 0.717) is 0 Å². The van der Waals surface area contributed by atoms with Gasteiger partial charge < -0.3 is 10.1 Å². The second-order valence-electron chi connectivity index (χ2n) is 6.53. The van der Waals surface area contributed by atoms with Gasteiger partial charge in [-0.25, -0.2) is 0 Å². The number of hydrogen-bond acceptors (Lipinski definition) is 2. The molecule has 0 saturated heterocycles. The van der Waals surface area contributed by atoms with Gasteiger partial charge in [0, 0.05) is 6.54 Å². The highest BCUT2D eigenvalue weighted by Gasteiger charge is 2.17.